The van der Waals surface area contributed by atoms with Crippen LogP contribution in [0.15, 0.2) is 16.6 Å². The lowest BCUT2D eigenvalue weighted by atomic mass is 10.2. The molecule has 0 N–H and O–H groups in total. The molecule has 1 heterocycles. The van der Waals surface area contributed by atoms with Gasteiger partial charge in [-0.05, 0) is 35.8 Å². The predicted octanol–water partition coefficient (Wildman–Crippen LogP) is 4.27. The molecular formula is C13H15BrClFN2O. The van der Waals surface area contributed by atoms with Gasteiger partial charge >= 0.3 is 0 Å². The summed E-state index contributed by atoms with van der Waals surface area (Å²) in [6.07, 6.45) is 0. The number of aromatic nitrogens is 2. The number of halogens is 3. The van der Waals surface area contributed by atoms with Crippen LogP contribution in [0.25, 0.3) is 11.0 Å². The highest BCUT2D eigenvalue weighted by Crippen LogP contribution is 2.27. The Hall–Kier alpha value is -0.650. The molecule has 0 saturated heterocycles. The van der Waals surface area contributed by atoms with Gasteiger partial charge in [-0.25, -0.2) is 9.37 Å². The molecule has 1 aromatic heterocycles. The third kappa shape index (κ3) is 2.93. The van der Waals surface area contributed by atoms with E-state index in [1.165, 1.54) is 6.07 Å². The quantitative estimate of drug-likeness (QED) is 0.754. The molecule has 19 heavy (non-hydrogen) atoms. The molecule has 0 aliphatic carbocycles. The first-order chi connectivity index (χ1) is 9.08. The Bertz CT molecular complexity index is 588. The number of fused-ring (bicyclic) bond motifs is 1. The standard InChI is InChI=1S/C13H15BrClFN2O/c1-3-19-7-8(2)18-12-5-10(16)9(14)4-11(12)17-13(18)6-15/h4-5,8H,3,6-7H2,1-2H3. The van der Waals surface area contributed by atoms with E-state index in [1.54, 1.807) is 6.07 Å². The van der Waals surface area contributed by atoms with Crippen LogP contribution in [0.1, 0.15) is 25.7 Å². The molecule has 0 aliphatic heterocycles. The molecule has 104 valence electrons. The fraction of sp³-hybridized carbons (Fsp3) is 0.462. The zero-order valence-corrected chi connectivity index (χ0v) is 13.1. The lowest BCUT2D eigenvalue weighted by molar-refractivity contribution is 0.119. The average molecular weight is 350 g/mol. The number of hydrogen-bond donors (Lipinski definition) is 0. The van der Waals surface area contributed by atoms with Gasteiger partial charge in [0, 0.05) is 12.7 Å². The van der Waals surface area contributed by atoms with E-state index in [1.807, 2.05) is 18.4 Å². The van der Waals surface area contributed by atoms with Crippen molar-refractivity contribution in [2.24, 2.45) is 0 Å². The second-order valence-electron chi connectivity index (χ2n) is 4.30. The third-order valence-corrected chi connectivity index (χ3v) is 3.77. The number of alkyl halides is 1. The Morgan fingerprint density at radius 1 is 1.53 bits per heavy atom. The molecule has 2 rings (SSSR count). The van der Waals surface area contributed by atoms with Gasteiger partial charge in [-0.1, -0.05) is 0 Å². The smallest absolute Gasteiger partial charge is 0.139 e. The van der Waals surface area contributed by atoms with Crippen molar-refractivity contribution in [2.45, 2.75) is 25.8 Å². The van der Waals surface area contributed by atoms with Crippen LogP contribution in [-0.4, -0.2) is 22.8 Å². The highest BCUT2D eigenvalue weighted by Gasteiger charge is 2.17. The van der Waals surface area contributed by atoms with Gasteiger partial charge in [0.1, 0.15) is 11.6 Å². The molecule has 0 aliphatic rings. The lowest BCUT2D eigenvalue weighted by Crippen LogP contribution is -2.14. The Balaban J connectivity index is 2.53. The van der Waals surface area contributed by atoms with Gasteiger partial charge in [0.15, 0.2) is 0 Å². The maximum Gasteiger partial charge on any atom is 0.139 e. The fourth-order valence-electron chi connectivity index (χ4n) is 2.09. The molecule has 0 saturated carbocycles. The first-order valence-corrected chi connectivity index (χ1v) is 7.40. The summed E-state index contributed by atoms with van der Waals surface area (Å²) in [6, 6.07) is 3.20. The summed E-state index contributed by atoms with van der Waals surface area (Å²) in [7, 11) is 0. The molecule has 0 spiro atoms. The molecule has 2 aromatic rings. The van der Waals surface area contributed by atoms with E-state index in [9.17, 15) is 4.39 Å². The highest BCUT2D eigenvalue weighted by atomic mass is 79.9. The van der Waals surface area contributed by atoms with Gasteiger partial charge in [-0.15, -0.1) is 11.6 Å². The molecule has 1 aromatic carbocycles. The van der Waals surface area contributed by atoms with Crippen molar-refractivity contribution < 1.29 is 9.13 Å². The van der Waals surface area contributed by atoms with E-state index < -0.39 is 0 Å². The Kier molecular flexibility index (Phi) is 4.81. The summed E-state index contributed by atoms with van der Waals surface area (Å²) in [5, 5.41) is 0. The number of imidazole rings is 1. The van der Waals surface area contributed by atoms with Crippen LogP contribution in [0.2, 0.25) is 0 Å². The number of benzene rings is 1. The Morgan fingerprint density at radius 3 is 2.89 bits per heavy atom. The van der Waals surface area contributed by atoms with Crippen molar-refractivity contribution in [1.29, 1.82) is 0 Å². The van der Waals surface area contributed by atoms with Crippen molar-refractivity contribution in [1.82, 2.24) is 9.55 Å². The number of hydrogen-bond acceptors (Lipinski definition) is 2. The minimum Gasteiger partial charge on any atom is -0.380 e. The number of rotatable bonds is 5. The van der Waals surface area contributed by atoms with Gasteiger partial charge in [0.2, 0.25) is 0 Å². The lowest BCUT2D eigenvalue weighted by Gasteiger charge is -2.16. The van der Waals surface area contributed by atoms with E-state index in [0.29, 0.717) is 17.7 Å². The van der Waals surface area contributed by atoms with E-state index >= 15 is 0 Å². The molecule has 3 nitrogen and oxygen atoms in total. The Labute approximate surface area is 124 Å². The zero-order chi connectivity index (χ0) is 14.0. The second-order valence-corrected chi connectivity index (χ2v) is 5.42. The van der Waals surface area contributed by atoms with Crippen molar-refractivity contribution >= 4 is 38.6 Å². The highest BCUT2D eigenvalue weighted by molar-refractivity contribution is 9.10. The summed E-state index contributed by atoms with van der Waals surface area (Å²) < 4.78 is 21.5. The first kappa shape index (κ1) is 14.8. The average Bonchev–Trinajstić information content (AvgIpc) is 2.74. The van der Waals surface area contributed by atoms with Crippen LogP contribution in [0, 0.1) is 5.82 Å². The summed E-state index contributed by atoms with van der Waals surface area (Å²) in [6.45, 7) is 5.14. The van der Waals surface area contributed by atoms with E-state index in [4.69, 9.17) is 16.3 Å². The van der Waals surface area contributed by atoms with Gasteiger partial charge < -0.3 is 9.30 Å². The van der Waals surface area contributed by atoms with Crippen LogP contribution in [0.4, 0.5) is 4.39 Å². The molecular weight excluding hydrogens is 335 g/mol. The van der Waals surface area contributed by atoms with Crippen LogP contribution in [0.5, 0.6) is 0 Å². The van der Waals surface area contributed by atoms with Crippen LogP contribution >= 0.6 is 27.5 Å². The normalized spacial score (nSPS) is 13.1. The van der Waals surface area contributed by atoms with E-state index in [0.717, 1.165) is 16.9 Å². The maximum atomic E-state index is 13.7. The van der Waals surface area contributed by atoms with Crippen molar-refractivity contribution in [3.8, 4) is 0 Å². The molecule has 6 heteroatoms. The SMILES string of the molecule is CCOCC(C)n1c(CCl)nc2cc(Br)c(F)cc21. The predicted molar refractivity (Wildman–Crippen MR) is 78.2 cm³/mol. The van der Waals surface area contributed by atoms with Crippen molar-refractivity contribution in [3.63, 3.8) is 0 Å². The van der Waals surface area contributed by atoms with E-state index in [-0.39, 0.29) is 17.7 Å². The number of nitrogens with zero attached hydrogens (tertiary/aromatic N) is 2. The van der Waals surface area contributed by atoms with Gasteiger partial charge in [-0.2, -0.15) is 0 Å². The monoisotopic (exact) mass is 348 g/mol. The minimum atomic E-state index is -0.307. The van der Waals surface area contributed by atoms with Crippen molar-refractivity contribution in [3.05, 3.63) is 28.2 Å². The molecule has 0 radical (unpaired) electrons. The zero-order valence-electron chi connectivity index (χ0n) is 10.8. The van der Waals surface area contributed by atoms with Crippen LogP contribution in [0.3, 0.4) is 0 Å². The molecule has 1 unspecified atom stereocenters. The van der Waals surface area contributed by atoms with Crippen molar-refractivity contribution in [2.75, 3.05) is 13.2 Å². The number of ether oxygens (including phenoxy) is 1. The van der Waals surface area contributed by atoms with Crippen LogP contribution < -0.4 is 0 Å². The van der Waals surface area contributed by atoms with Gasteiger partial charge in [-0.3, -0.25) is 0 Å². The molecule has 0 fully saturated rings. The minimum absolute atomic E-state index is 0.0549. The maximum absolute atomic E-state index is 13.7. The van der Waals surface area contributed by atoms with E-state index in [2.05, 4.69) is 20.9 Å². The molecule has 0 amide bonds. The Morgan fingerprint density at radius 2 is 2.26 bits per heavy atom. The third-order valence-electron chi connectivity index (χ3n) is 2.93. The first-order valence-electron chi connectivity index (χ1n) is 6.08. The second kappa shape index (κ2) is 6.20. The summed E-state index contributed by atoms with van der Waals surface area (Å²) in [5.74, 6) is 0.699. The topological polar surface area (TPSA) is 27.1 Å². The molecule has 1 atom stereocenters. The van der Waals surface area contributed by atoms with Gasteiger partial charge in [0.05, 0.1) is 34.0 Å². The summed E-state index contributed by atoms with van der Waals surface area (Å²) >= 11 is 9.10. The largest absolute Gasteiger partial charge is 0.380 e. The molecule has 0 bridgehead atoms. The summed E-state index contributed by atoms with van der Waals surface area (Å²) in [4.78, 5) is 4.44. The fourth-order valence-corrected chi connectivity index (χ4v) is 2.61. The van der Waals surface area contributed by atoms with Gasteiger partial charge in [0.25, 0.3) is 0 Å². The van der Waals surface area contributed by atoms with Crippen LogP contribution in [-0.2, 0) is 10.6 Å². The summed E-state index contributed by atoms with van der Waals surface area (Å²) in [5.41, 5.74) is 1.47.